The van der Waals surface area contributed by atoms with E-state index in [1.807, 2.05) is 0 Å². The van der Waals surface area contributed by atoms with Crippen LogP contribution in [0.2, 0.25) is 0 Å². The summed E-state index contributed by atoms with van der Waals surface area (Å²) < 4.78 is 10.3. The number of methoxy groups -OCH3 is 1. The molecule has 3 heteroatoms. The quantitative estimate of drug-likeness (QED) is 0.608. The van der Waals surface area contributed by atoms with Crippen molar-refractivity contribution in [2.45, 2.75) is 32.2 Å². The minimum Gasteiger partial charge on any atom is -0.382 e. The Labute approximate surface area is 80.6 Å². The van der Waals surface area contributed by atoms with Gasteiger partial charge in [0.25, 0.3) is 0 Å². The molecule has 1 atom stereocenters. The SMILES string of the molecule is COCCOCCC1(C(C)N)CC1. The Balaban J connectivity index is 1.99. The van der Waals surface area contributed by atoms with Gasteiger partial charge in [0.05, 0.1) is 13.2 Å². The van der Waals surface area contributed by atoms with Crippen LogP contribution in [0.5, 0.6) is 0 Å². The van der Waals surface area contributed by atoms with Gasteiger partial charge in [-0.15, -0.1) is 0 Å². The fourth-order valence-electron chi connectivity index (χ4n) is 1.61. The molecule has 1 aliphatic rings. The second-order valence-corrected chi connectivity index (χ2v) is 4.01. The smallest absolute Gasteiger partial charge is 0.0700 e. The van der Waals surface area contributed by atoms with E-state index in [2.05, 4.69) is 6.92 Å². The molecule has 0 heterocycles. The predicted molar refractivity (Wildman–Crippen MR) is 52.6 cm³/mol. The third-order valence-electron chi connectivity index (χ3n) is 3.03. The molecule has 0 spiro atoms. The van der Waals surface area contributed by atoms with Crippen LogP contribution in [0.4, 0.5) is 0 Å². The summed E-state index contributed by atoms with van der Waals surface area (Å²) in [6, 6.07) is 0.318. The van der Waals surface area contributed by atoms with Crippen molar-refractivity contribution in [1.82, 2.24) is 0 Å². The van der Waals surface area contributed by atoms with Gasteiger partial charge in [0.2, 0.25) is 0 Å². The van der Waals surface area contributed by atoms with E-state index in [0.717, 1.165) is 13.0 Å². The first-order chi connectivity index (χ1) is 6.21. The minimum atomic E-state index is 0.318. The van der Waals surface area contributed by atoms with Crippen molar-refractivity contribution < 1.29 is 9.47 Å². The van der Waals surface area contributed by atoms with E-state index in [-0.39, 0.29) is 0 Å². The maximum Gasteiger partial charge on any atom is 0.0700 e. The molecule has 1 rings (SSSR count). The number of hydrogen-bond acceptors (Lipinski definition) is 3. The minimum absolute atomic E-state index is 0.318. The summed E-state index contributed by atoms with van der Waals surface area (Å²) in [6.45, 7) is 4.31. The Morgan fingerprint density at radius 3 is 2.46 bits per heavy atom. The van der Waals surface area contributed by atoms with Gasteiger partial charge in [-0.3, -0.25) is 0 Å². The Morgan fingerprint density at radius 2 is 2.00 bits per heavy atom. The highest BCUT2D eigenvalue weighted by Gasteiger charge is 2.45. The lowest BCUT2D eigenvalue weighted by Gasteiger charge is -2.18. The van der Waals surface area contributed by atoms with Crippen LogP contribution in [0.1, 0.15) is 26.2 Å². The van der Waals surface area contributed by atoms with Crippen LogP contribution >= 0.6 is 0 Å². The Bertz CT molecular complexity index is 144. The highest BCUT2D eigenvalue weighted by Crippen LogP contribution is 2.50. The Hall–Kier alpha value is -0.120. The van der Waals surface area contributed by atoms with Gasteiger partial charge >= 0.3 is 0 Å². The van der Waals surface area contributed by atoms with Crippen molar-refractivity contribution in [2.75, 3.05) is 26.9 Å². The first-order valence-electron chi connectivity index (χ1n) is 5.03. The molecule has 3 nitrogen and oxygen atoms in total. The summed E-state index contributed by atoms with van der Waals surface area (Å²) in [7, 11) is 1.69. The third-order valence-corrected chi connectivity index (χ3v) is 3.03. The molecule has 0 aromatic carbocycles. The van der Waals surface area contributed by atoms with E-state index in [0.29, 0.717) is 24.7 Å². The van der Waals surface area contributed by atoms with Crippen molar-refractivity contribution in [2.24, 2.45) is 11.1 Å². The molecule has 0 amide bonds. The largest absolute Gasteiger partial charge is 0.382 e. The van der Waals surface area contributed by atoms with Crippen LogP contribution in [0.3, 0.4) is 0 Å². The van der Waals surface area contributed by atoms with E-state index < -0.39 is 0 Å². The summed E-state index contributed by atoms with van der Waals surface area (Å²) in [6.07, 6.45) is 3.66. The van der Waals surface area contributed by atoms with Crippen LogP contribution in [0.25, 0.3) is 0 Å². The van der Waals surface area contributed by atoms with Crippen LogP contribution in [-0.2, 0) is 9.47 Å². The van der Waals surface area contributed by atoms with Gasteiger partial charge in [-0.25, -0.2) is 0 Å². The topological polar surface area (TPSA) is 44.5 Å². The summed E-state index contributed by atoms with van der Waals surface area (Å²) in [4.78, 5) is 0. The number of hydrogen-bond donors (Lipinski definition) is 1. The lowest BCUT2D eigenvalue weighted by molar-refractivity contribution is 0.0603. The summed E-state index contributed by atoms with van der Waals surface area (Å²) in [5.74, 6) is 0. The molecule has 0 bridgehead atoms. The molecular formula is C10H21NO2. The van der Waals surface area contributed by atoms with Gasteiger partial charge < -0.3 is 15.2 Å². The van der Waals surface area contributed by atoms with Gasteiger partial charge in [0.15, 0.2) is 0 Å². The molecule has 0 radical (unpaired) electrons. The van der Waals surface area contributed by atoms with Crippen LogP contribution in [-0.4, -0.2) is 33.0 Å². The zero-order chi connectivity index (χ0) is 9.73. The first-order valence-corrected chi connectivity index (χ1v) is 5.03. The van der Waals surface area contributed by atoms with E-state index in [1.165, 1.54) is 12.8 Å². The zero-order valence-corrected chi connectivity index (χ0v) is 8.71. The molecule has 0 aliphatic heterocycles. The lowest BCUT2D eigenvalue weighted by Crippen LogP contribution is -2.29. The van der Waals surface area contributed by atoms with Crippen molar-refractivity contribution in [3.8, 4) is 0 Å². The molecule has 1 saturated carbocycles. The molecular weight excluding hydrogens is 166 g/mol. The third kappa shape index (κ3) is 3.25. The number of nitrogens with two attached hydrogens (primary N) is 1. The van der Waals surface area contributed by atoms with Gasteiger partial charge in [-0.2, -0.15) is 0 Å². The monoisotopic (exact) mass is 187 g/mol. The highest BCUT2D eigenvalue weighted by molar-refractivity contribution is 4.98. The van der Waals surface area contributed by atoms with Crippen molar-refractivity contribution in [3.63, 3.8) is 0 Å². The van der Waals surface area contributed by atoms with E-state index >= 15 is 0 Å². The van der Waals surface area contributed by atoms with Gasteiger partial charge in [-0.1, -0.05) is 0 Å². The molecule has 1 aliphatic carbocycles. The van der Waals surface area contributed by atoms with Crippen LogP contribution in [0, 0.1) is 5.41 Å². The molecule has 1 unspecified atom stereocenters. The average Bonchev–Trinajstić information content (AvgIpc) is 2.85. The normalized spacial score (nSPS) is 21.5. The van der Waals surface area contributed by atoms with Gasteiger partial charge in [-0.05, 0) is 31.6 Å². The van der Waals surface area contributed by atoms with Crippen molar-refractivity contribution >= 4 is 0 Å². The molecule has 1 fully saturated rings. The Morgan fingerprint density at radius 1 is 1.31 bits per heavy atom. The van der Waals surface area contributed by atoms with Crippen LogP contribution < -0.4 is 5.73 Å². The predicted octanol–water partition coefficient (Wildman–Crippen LogP) is 1.17. The molecule has 0 saturated heterocycles. The zero-order valence-electron chi connectivity index (χ0n) is 8.71. The van der Waals surface area contributed by atoms with Gasteiger partial charge in [0, 0.05) is 19.8 Å². The van der Waals surface area contributed by atoms with Crippen molar-refractivity contribution in [1.29, 1.82) is 0 Å². The molecule has 0 aromatic heterocycles. The van der Waals surface area contributed by atoms with E-state index in [9.17, 15) is 0 Å². The summed E-state index contributed by atoms with van der Waals surface area (Å²) in [5.41, 5.74) is 6.30. The van der Waals surface area contributed by atoms with E-state index in [1.54, 1.807) is 7.11 Å². The highest BCUT2D eigenvalue weighted by atomic mass is 16.5. The van der Waals surface area contributed by atoms with E-state index in [4.69, 9.17) is 15.2 Å². The maximum atomic E-state index is 5.89. The second-order valence-electron chi connectivity index (χ2n) is 4.01. The molecule has 13 heavy (non-hydrogen) atoms. The molecule has 0 aromatic rings. The Kier molecular flexibility index (Phi) is 4.16. The fourth-order valence-corrected chi connectivity index (χ4v) is 1.61. The maximum absolute atomic E-state index is 5.89. The van der Waals surface area contributed by atoms with Crippen LogP contribution in [0.15, 0.2) is 0 Å². The second kappa shape index (κ2) is 4.94. The molecule has 78 valence electrons. The van der Waals surface area contributed by atoms with Gasteiger partial charge in [0.1, 0.15) is 0 Å². The standard InChI is InChI=1S/C10H21NO2/c1-9(11)10(3-4-10)5-6-13-8-7-12-2/h9H,3-8,11H2,1-2H3. The summed E-state index contributed by atoms with van der Waals surface area (Å²) >= 11 is 0. The molecule has 2 N–H and O–H groups in total. The number of ether oxygens (including phenoxy) is 2. The summed E-state index contributed by atoms with van der Waals surface area (Å²) in [5, 5.41) is 0. The van der Waals surface area contributed by atoms with Crippen molar-refractivity contribution in [3.05, 3.63) is 0 Å². The average molecular weight is 187 g/mol. The lowest BCUT2D eigenvalue weighted by atomic mass is 9.95. The first kappa shape index (κ1) is 11.0. The fraction of sp³-hybridized carbons (Fsp3) is 1.00. The number of rotatable bonds is 7.